The second kappa shape index (κ2) is 5.97. The topological polar surface area (TPSA) is 27.0 Å². The van der Waals surface area contributed by atoms with Crippen LogP contribution >= 0.6 is 0 Å². The summed E-state index contributed by atoms with van der Waals surface area (Å²) in [6.45, 7) is 3.91. The summed E-state index contributed by atoms with van der Waals surface area (Å²) in [5, 5.41) is 8.73. The lowest BCUT2D eigenvalue weighted by molar-refractivity contribution is 0.134. The van der Waals surface area contributed by atoms with Crippen molar-refractivity contribution in [1.29, 1.82) is 5.26 Å². The average molecular weight is 246 g/mol. The van der Waals surface area contributed by atoms with Crippen LogP contribution in [-0.2, 0) is 6.54 Å². The molecule has 1 aliphatic heterocycles. The number of piperidine rings is 1. The zero-order chi connectivity index (χ0) is 13.0. The summed E-state index contributed by atoms with van der Waals surface area (Å²) in [6.07, 6.45) is 4.82. The molecule has 0 aliphatic carbocycles. The predicted molar refractivity (Wildman–Crippen MR) is 69.5 cm³/mol. The molecule has 18 heavy (non-hydrogen) atoms. The first kappa shape index (κ1) is 13.0. The number of benzene rings is 1. The molecule has 2 rings (SSSR count). The number of hydrogen-bond acceptors (Lipinski definition) is 2. The molecule has 1 unspecified atom stereocenters. The lowest BCUT2D eigenvalue weighted by Gasteiger charge is -2.35. The van der Waals surface area contributed by atoms with Crippen molar-refractivity contribution in [3.63, 3.8) is 0 Å². The Kier molecular flexibility index (Phi) is 4.33. The molecular formula is C15H19FN2. The minimum Gasteiger partial charge on any atom is -0.296 e. The molecule has 1 aromatic rings. The summed E-state index contributed by atoms with van der Waals surface area (Å²) in [7, 11) is 0. The zero-order valence-corrected chi connectivity index (χ0v) is 10.8. The fourth-order valence-corrected chi connectivity index (χ4v) is 2.69. The van der Waals surface area contributed by atoms with Crippen LogP contribution < -0.4 is 0 Å². The standard InChI is InChI=1S/C15H19FN2/c1-2-14-5-3-4-8-18(14)11-13-7-6-12(10-17)9-15(13)16/h6-7,9,14H,2-5,8,11H2,1H3. The fraction of sp³-hybridized carbons (Fsp3) is 0.533. The molecule has 96 valence electrons. The molecular weight excluding hydrogens is 227 g/mol. The van der Waals surface area contributed by atoms with Gasteiger partial charge in [0, 0.05) is 18.2 Å². The average Bonchev–Trinajstić information content (AvgIpc) is 2.41. The van der Waals surface area contributed by atoms with Gasteiger partial charge in [-0.1, -0.05) is 19.4 Å². The predicted octanol–water partition coefficient (Wildman–Crippen LogP) is 3.46. The molecule has 0 bridgehead atoms. The molecule has 0 saturated carbocycles. The summed E-state index contributed by atoms with van der Waals surface area (Å²) >= 11 is 0. The van der Waals surface area contributed by atoms with Crippen LogP contribution in [0.3, 0.4) is 0 Å². The van der Waals surface area contributed by atoms with Gasteiger partial charge in [-0.3, -0.25) is 4.90 Å². The maximum atomic E-state index is 13.8. The second-order valence-corrected chi connectivity index (χ2v) is 4.95. The van der Waals surface area contributed by atoms with Crippen LogP contribution in [0.5, 0.6) is 0 Å². The number of rotatable bonds is 3. The van der Waals surface area contributed by atoms with E-state index in [0.29, 0.717) is 23.7 Å². The van der Waals surface area contributed by atoms with Crippen LogP contribution in [0, 0.1) is 17.1 Å². The smallest absolute Gasteiger partial charge is 0.129 e. The van der Waals surface area contributed by atoms with Crippen LogP contribution in [0.2, 0.25) is 0 Å². The second-order valence-electron chi connectivity index (χ2n) is 4.95. The van der Waals surface area contributed by atoms with Gasteiger partial charge in [-0.2, -0.15) is 5.26 Å². The first-order valence-electron chi connectivity index (χ1n) is 6.67. The van der Waals surface area contributed by atoms with Gasteiger partial charge in [-0.05, 0) is 37.9 Å². The van der Waals surface area contributed by atoms with E-state index in [1.54, 1.807) is 12.1 Å². The van der Waals surface area contributed by atoms with Crippen LogP contribution in [0.4, 0.5) is 4.39 Å². The van der Waals surface area contributed by atoms with Gasteiger partial charge in [0.25, 0.3) is 0 Å². The van der Waals surface area contributed by atoms with E-state index in [0.717, 1.165) is 13.0 Å². The van der Waals surface area contributed by atoms with E-state index in [1.165, 1.54) is 25.3 Å². The molecule has 1 aromatic carbocycles. The van der Waals surface area contributed by atoms with Crippen molar-refractivity contribution in [2.24, 2.45) is 0 Å². The van der Waals surface area contributed by atoms with Crippen molar-refractivity contribution in [2.45, 2.75) is 45.2 Å². The minimum atomic E-state index is -0.255. The largest absolute Gasteiger partial charge is 0.296 e. The van der Waals surface area contributed by atoms with Crippen molar-refractivity contribution < 1.29 is 4.39 Å². The Hall–Kier alpha value is -1.40. The molecule has 0 spiro atoms. The summed E-state index contributed by atoms with van der Waals surface area (Å²) in [5.41, 5.74) is 1.09. The quantitative estimate of drug-likeness (QED) is 0.816. The van der Waals surface area contributed by atoms with Gasteiger partial charge in [0.1, 0.15) is 5.82 Å². The Morgan fingerprint density at radius 1 is 1.44 bits per heavy atom. The van der Waals surface area contributed by atoms with Gasteiger partial charge in [0.2, 0.25) is 0 Å². The van der Waals surface area contributed by atoms with Crippen molar-refractivity contribution in [1.82, 2.24) is 4.90 Å². The molecule has 1 heterocycles. The maximum Gasteiger partial charge on any atom is 0.129 e. The first-order valence-corrected chi connectivity index (χ1v) is 6.67. The van der Waals surface area contributed by atoms with Crippen molar-refractivity contribution in [2.75, 3.05) is 6.54 Å². The number of nitrogens with zero attached hydrogens (tertiary/aromatic N) is 2. The van der Waals surface area contributed by atoms with E-state index in [1.807, 2.05) is 6.07 Å². The Labute approximate surface area is 108 Å². The van der Waals surface area contributed by atoms with Gasteiger partial charge in [-0.25, -0.2) is 4.39 Å². The molecule has 2 nitrogen and oxygen atoms in total. The highest BCUT2D eigenvalue weighted by atomic mass is 19.1. The van der Waals surface area contributed by atoms with Gasteiger partial charge < -0.3 is 0 Å². The maximum absolute atomic E-state index is 13.8. The lowest BCUT2D eigenvalue weighted by Crippen LogP contribution is -2.38. The normalized spacial score (nSPS) is 20.6. The third-order valence-electron chi connectivity index (χ3n) is 3.78. The van der Waals surface area contributed by atoms with Crippen molar-refractivity contribution >= 4 is 0 Å². The van der Waals surface area contributed by atoms with E-state index in [-0.39, 0.29) is 5.82 Å². The van der Waals surface area contributed by atoms with Crippen LogP contribution in [0.1, 0.15) is 43.7 Å². The summed E-state index contributed by atoms with van der Waals surface area (Å²) in [4.78, 5) is 2.37. The monoisotopic (exact) mass is 246 g/mol. The summed E-state index contributed by atoms with van der Waals surface area (Å²) in [6, 6.07) is 7.32. The van der Waals surface area contributed by atoms with E-state index in [2.05, 4.69) is 11.8 Å². The van der Waals surface area contributed by atoms with Crippen molar-refractivity contribution in [3.8, 4) is 6.07 Å². The fourth-order valence-electron chi connectivity index (χ4n) is 2.69. The van der Waals surface area contributed by atoms with Gasteiger partial charge in [0.15, 0.2) is 0 Å². The molecule has 0 radical (unpaired) electrons. The van der Waals surface area contributed by atoms with Crippen molar-refractivity contribution in [3.05, 3.63) is 35.1 Å². The first-order chi connectivity index (χ1) is 8.74. The molecule has 3 heteroatoms. The molecule has 0 N–H and O–H groups in total. The Morgan fingerprint density at radius 2 is 2.28 bits per heavy atom. The number of halogens is 1. The highest BCUT2D eigenvalue weighted by Gasteiger charge is 2.21. The van der Waals surface area contributed by atoms with E-state index in [4.69, 9.17) is 5.26 Å². The summed E-state index contributed by atoms with van der Waals surface area (Å²) < 4.78 is 13.8. The third-order valence-corrected chi connectivity index (χ3v) is 3.78. The SMILES string of the molecule is CCC1CCCCN1Cc1ccc(C#N)cc1F. The molecule has 1 saturated heterocycles. The van der Waals surface area contributed by atoms with Gasteiger partial charge in [-0.15, -0.1) is 0 Å². The Balaban J connectivity index is 2.10. The van der Waals surface area contributed by atoms with E-state index < -0.39 is 0 Å². The molecule has 0 amide bonds. The number of hydrogen-bond donors (Lipinski definition) is 0. The number of likely N-dealkylation sites (tertiary alicyclic amines) is 1. The third kappa shape index (κ3) is 2.88. The zero-order valence-electron chi connectivity index (χ0n) is 10.8. The molecule has 1 fully saturated rings. The van der Waals surface area contributed by atoms with Gasteiger partial charge >= 0.3 is 0 Å². The lowest BCUT2D eigenvalue weighted by atomic mass is 9.99. The number of nitriles is 1. The highest BCUT2D eigenvalue weighted by Crippen LogP contribution is 2.22. The molecule has 1 atom stereocenters. The Bertz CT molecular complexity index is 450. The van der Waals surface area contributed by atoms with E-state index in [9.17, 15) is 4.39 Å². The van der Waals surface area contributed by atoms with Crippen LogP contribution in [-0.4, -0.2) is 17.5 Å². The molecule has 1 aliphatic rings. The Morgan fingerprint density at radius 3 is 2.94 bits per heavy atom. The van der Waals surface area contributed by atoms with Crippen LogP contribution in [0.15, 0.2) is 18.2 Å². The highest BCUT2D eigenvalue weighted by molar-refractivity contribution is 5.32. The van der Waals surface area contributed by atoms with Crippen LogP contribution in [0.25, 0.3) is 0 Å². The summed E-state index contributed by atoms with van der Waals surface area (Å²) in [5.74, 6) is -0.255. The van der Waals surface area contributed by atoms with Gasteiger partial charge in [0.05, 0.1) is 11.6 Å². The van der Waals surface area contributed by atoms with E-state index >= 15 is 0 Å². The minimum absolute atomic E-state index is 0.255. The molecule has 0 aromatic heterocycles.